The molecule has 8 nitrogen and oxygen atoms in total. The van der Waals surface area contributed by atoms with Gasteiger partial charge < -0.3 is 11.1 Å². The standard InChI is InChI=1S/C18H21N7O/c1-12(26)21-16-11-25-17(22-16)5-4-15(23-25)13-8-14(18(19)20-9-13)10-24-6-2-3-7-24/h4-5,8-9,11H,2-3,6-7,10H2,1H3,(H2,19,20)(H,21,26). The zero-order chi connectivity index (χ0) is 18.1. The molecule has 3 N–H and O–H groups in total. The van der Waals surface area contributed by atoms with Crippen LogP contribution in [0.4, 0.5) is 11.6 Å². The molecule has 0 unspecified atom stereocenters. The van der Waals surface area contributed by atoms with E-state index in [4.69, 9.17) is 5.73 Å². The van der Waals surface area contributed by atoms with Gasteiger partial charge >= 0.3 is 0 Å². The lowest BCUT2D eigenvalue weighted by Crippen LogP contribution is -2.19. The molecule has 1 fully saturated rings. The molecule has 26 heavy (non-hydrogen) atoms. The van der Waals surface area contributed by atoms with Crippen molar-refractivity contribution < 1.29 is 4.79 Å². The summed E-state index contributed by atoms with van der Waals surface area (Å²) in [6.07, 6.45) is 5.91. The predicted octanol–water partition coefficient (Wildman–Crippen LogP) is 1.93. The Morgan fingerprint density at radius 1 is 1.31 bits per heavy atom. The molecule has 0 aliphatic carbocycles. The molecule has 0 atom stereocenters. The van der Waals surface area contributed by atoms with Gasteiger partial charge in [-0.05, 0) is 44.1 Å². The maximum Gasteiger partial charge on any atom is 0.222 e. The topological polar surface area (TPSA) is 101 Å². The third kappa shape index (κ3) is 3.36. The quantitative estimate of drug-likeness (QED) is 0.745. The Hall–Kier alpha value is -3.00. The number of anilines is 2. The first-order chi connectivity index (χ1) is 12.6. The first kappa shape index (κ1) is 16.5. The van der Waals surface area contributed by atoms with E-state index in [0.717, 1.165) is 36.5 Å². The first-order valence-electron chi connectivity index (χ1n) is 8.69. The maximum atomic E-state index is 11.2. The van der Waals surface area contributed by atoms with E-state index in [2.05, 4.69) is 31.3 Å². The summed E-state index contributed by atoms with van der Waals surface area (Å²) in [5, 5.41) is 7.25. The van der Waals surface area contributed by atoms with Crippen molar-refractivity contribution >= 4 is 23.2 Å². The number of nitrogens with zero attached hydrogens (tertiary/aromatic N) is 5. The number of amides is 1. The molecule has 134 valence electrons. The molecule has 1 saturated heterocycles. The van der Waals surface area contributed by atoms with Gasteiger partial charge in [0.15, 0.2) is 11.5 Å². The van der Waals surface area contributed by atoms with E-state index >= 15 is 0 Å². The van der Waals surface area contributed by atoms with E-state index in [0.29, 0.717) is 17.3 Å². The number of carbonyl (C=O) groups excluding carboxylic acids is 1. The normalized spacial score (nSPS) is 14.8. The van der Waals surface area contributed by atoms with Crippen LogP contribution in [0.25, 0.3) is 16.9 Å². The molecule has 0 saturated carbocycles. The molecule has 3 aromatic heterocycles. The number of aromatic nitrogens is 4. The summed E-state index contributed by atoms with van der Waals surface area (Å²) in [6, 6.07) is 5.82. The zero-order valence-electron chi connectivity index (χ0n) is 14.6. The van der Waals surface area contributed by atoms with Crippen LogP contribution >= 0.6 is 0 Å². The van der Waals surface area contributed by atoms with Crippen molar-refractivity contribution in [3.8, 4) is 11.3 Å². The summed E-state index contributed by atoms with van der Waals surface area (Å²) in [4.78, 5) is 22.2. The highest BCUT2D eigenvalue weighted by Gasteiger charge is 2.15. The van der Waals surface area contributed by atoms with Crippen LogP contribution in [0.3, 0.4) is 0 Å². The van der Waals surface area contributed by atoms with Crippen LogP contribution in [0.15, 0.2) is 30.6 Å². The number of likely N-dealkylation sites (tertiary alicyclic amines) is 1. The average molecular weight is 351 g/mol. The minimum atomic E-state index is -0.164. The highest BCUT2D eigenvalue weighted by molar-refractivity contribution is 5.87. The summed E-state index contributed by atoms with van der Waals surface area (Å²) in [6.45, 7) is 4.47. The molecule has 1 amide bonds. The van der Waals surface area contributed by atoms with Crippen molar-refractivity contribution in [2.24, 2.45) is 0 Å². The second-order valence-electron chi connectivity index (χ2n) is 6.58. The molecule has 1 aliphatic rings. The van der Waals surface area contributed by atoms with E-state index in [-0.39, 0.29) is 5.91 Å². The average Bonchev–Trinajstić information content (AvgIpc) is 3.24. The number of rotatable bonds is 4. The Bertz CT molecular complexity index is 959. The van der Waals surface area contributed by atoms with Crippen molar-refractivity contribution in [3.05, 3.63) is 36.2 Å². The summed E-state index contributed by atoms with van der Waals surface area (Å²) >= 11 is 0. The number of pyridine rings is 1. The highest BCUT2D eigenvalue weighted by atomic mass is 16.1. The Balaban J connectivity index is 1.64. The second kappa shape index (κ2) is 6.72. The minimum absolute atomic E-state index is 0.164. The monoisotopic (exact) mass is 351 g/mol. The number of hydrogen-bond acceptors (Lipinski definition) is 6. The summed E-state index contributed by atoms with van der Waals surface area (Å²) < 4.78 is 1.65. The van der Waals surface area contributed by atoms with Crippen LogP contribution in [0.2, 0.25) is 0 Å². The number of nitrogen functional groups attached to an aromatic ring is 1. The van der Waals surface area contributed by atoms with Crippen LogP contribution in [0.1, 0.15) is 25.3 Å². The lowest BCUT2D eigenvalue weighted by Gasteiger charge is -2.16. The molecule has 4 rings (SSSR count). The molecule has 0 radical (unpaired) electrons. The highest BCUT2D eigenvalue weighted by Crippen LogP contribution is 2.23. The van der Waals surface area contributed by atoms with Crippen LogP contribution in [0.5, 0.6) is 0 Å². The summed E-state index contributed by atoms with van der Waals surface area (Å²) in [5.41, 5.74) is 9.45. The van der Waals surface area contributed by atoms with Gasteiger partial charge in [-0.1, -0.05) is 0 Å². The smallest absolute Gasteiger partial charge is 0.222 e. The molecule has 0 spiro atoms. The van der Waals surface area contributed by atoms with Crippen molar-refractivity contribution in [1.29, 1.82) is 0 Å². The minimum Gasteiger partial charge on any atom is -0.383 e. The van der Waals surface area contributed by atoms with Crippen LogP contribution < -0.4 is 11.1 Å². The van der Waals surface area contributed by atoms with Gasteiger partial charge in [0.2, 0.25) is 5.91 Å². The van der Waals surface area contributed by atoms with Gasteiger partial charge in [0.25, 0.3) is 0 Å². The van der Waals surface area contributed by atoms with Crippen LogP contribution in [-0.4, -0.2) is 43.5 Å². The Kier molecular flexibility index (Phi) is 4.26. The van der Waals surface area contributed by atoms with E-state index < -0.39 is 0 Å². The van der Waals surface area contributed by atoms with Gasteiger partial charge in [-0.3, -0.25) is 9.69 Å². The molecule has 4 heterocycles. The molecular formula is C18H21N7O. The number of nitrogens with two attached hydrogens (primary N) is 1. The fraction of sp³-hybridized carbons (Fsp3) is 0.333. The van der Waals surface area contributed by atoms with Gasteiger partial charge in [0.1, 0.15) is 5.82 Å². The Morgan fingerprint density at radius 2 is 2.12 bits per heavy atom. The van der Waals surface area contributed by atoms with Gasteiger partial charge in [-0.15, -0.1) is 0 Å². The molecule has 3 aromatic rings. The molecule has 0 aromatic carbocycles. The van der Waals surface area contributed by atoms with Gasteiger partial charge in [-0.25, -0.2) is 14.5 Å². The van der Waals surface area contributed by atoms with Gasteiger partial charge in [0.05, 0.1) is 11.9 Å². The summed E-state index contributed by atoms with van der Waals surface area (Å²) in [7, 11) is 0. The van der Waals surface area contributed by atoms with Crippen LogP contribution in [-0.2, 0) is 11.3 Å². The number of fused-ring (bicyclic) bond motifs is 1. The van der Waals surface area contributed by atoms with Crippen LogP contribution in [0, 0.1) is 0 Å². The van der Waals surface area contributed by atoms with Gasteiger partial charge in [0, 0.05) is 30.8 Å². The molecule has 8 heteroatoms. The number of nitrogens with one attached hydrogen (secondary N) is 1. The Labute approximate surface area is 151 Å². The third-order valence-corrected chi connectivity index (χ3v) is 4.51. The van der Waals surface area contributed by atoms with E-state index in [9.17, 15) is 4.79 Å². The first-order valence-corrected chi connectivity index (χ1v) is 8.69. The lowest BCUT2D eigenvalue weighted by atomic mass is 10.1. The Morgan fingerprint density at radius 3 is 2.88 bits per heavy atom. The fourth-order valence-corrected chi connectivity index (χ4v) is 3.25. The van der Waals surface area contributed by atoms with E-state index in [1.54, 1.807) is 16.9 Å². The van der Waals surface area contributed by atoms with E-state index in [1.807, 2.05) is 12.1 Å². The number of carbonyl (C=O) groups is 1. The second-order valence-corrected chi connectivity index (χ2v) is 6.58. The molecular weight excluding hydrogens is 330 g/mol. The number of hydrogen-bond donors (Lipinski definition) is 2. The SMILES string of the molecule is CC(=O)Nc1cn2nc(-c3cnc(N)c(CN4CCCC4)c3)ccc2n1. The molecule has 0 bridgehead atoms. The van der Waals surface area contributed by atoms with Crippen molar-refractivity contribution in [2.45, 2.75) is 26.3 Å². The maximum absolute atomic E-state index is 11.2. The van der Waals surface area contributed by atoms with Crippen molar-refractivity contribution in [3.63, 3.8) is 0 Å². The van der Waals surface area contributed by atoms with Crippen molar-refractivity contribution in [1.82, 2.24) is 24.5 Å². The number of imidazole rings is 1. The summed E-state index contributed by atoms with van der Waals surface area (Å²) in [5.74, 6) is 0.882. The van der Waals surface area contributed by atoms with E-state index in [1.165, 1.54) is 19.8 Å². The fourth-order valence-electron chi connectivity index (χ4n) is 3.25. The zero-order valence-corrected chi connectivity index (χ0v) is 14.6. The third-order valence-electron chi connectivity index (χ3n) is 4.51. The predicted molar refractivity (Wildman–Crippen MR) is 99.4 cm³/mol. The lowest BCUT2D eigenvalue weighted by molar-refractivity contribution is -0.114. The largest absolute Gasteiger partial charge is 0.383 e. The van der Waals surface area contributed by atoms with Gasteiger partial charge in [-0.2, -0.15) is 5.10 Å². The van der Waals surface area contributed by atoms with Crippen molar-refractivity contribution in [2.75, 3.05) is 24.1 Å². The molecule has 1 aliphatic heterocycles.